The summed E-state index contributed by atoms with van der Waals surface area (Å²) in [4.78, 5) is 11.0. The Kier molecular flexibility index (Phi) is 5.16. The van der Waals surface area contributed by atoms with Crippen molar-refractivity contribution in [3.8, 4) is 0 Å². The molecule has 10 nitrogen and oxygen atoms in total. The second kappa shape index (κ2) is 7.21. The van der Waals surface area contributed by atoms with Crippen molar-refractivity contribution in [1.82, 2.24) is 19.2 Å². The van der Waals surface area contributed by atoms with Crippen LogP contribution in [0.2, 0.25) is 0 Å². The summed E-state index contributed by atoms with van der Waals surface area (Å²) in [6, 6.07) is 3.88. The molecule has 0 unspecified atom stereocenters. The normalized spacial score (nSPS) is 15.9. The summed E-state index contributed by atoms with van der Waals surface area (Å²) >= 11 is 0.959. The fourth-order valence-corrected chi connectivity index (χ4v) is 5.08. The van der Waals surface area contributed by atoms with Gasteiger partial charge in [0.15, 0.2) is 0 Å². The van der Waals surface area contributed by atoms with Gasteiger partial charge in [0.1, 0.15) is 5.82 Å². The molecule has 3 rings (SSSR count). The van der Waals surface area contributed by atoms with Crippen LogP contribution in [-0.4, -0.2) is 45.6 Å². The maximum atomic E-state index is 12.7. The first kappa shape index (κ1) is 18.6. The third kappa shape index (κ3) is 3.52. The van der Waals surface area contributed by atoms with Crippen molar-refractivity contribution in [2.24, 2.45) is 0 Å². The molecule has 1 fully saturated rings. The van der Waals surface area contributed by atoms with Crippen LogP contribution in [0.5, 0.6) is 0 Å². The van der Waals surface area contributed by atoms with Crippen LogP contribution >= 0.6 is 11.8 Å². The molecular weight excluding hydrogens is 380 g/mol. The highest BCUT2D eigenvalue weighted by molar-refractivity contribution is 7.99. The molecule has 1 aliphatic rings. The summed E-state index contributed by atoms with van der Waals surface area (Å²) in [6.45, 7) is 2.52. The summed E-state index contributed by atoms with van der Waals surface area (Å²) in [5, 5.41) is 19.4. The number of nitrogen functional groups attached to an aromatic ring is 1. The van der Waals surface area contributed by atoms with Gasteiger partial charge < -0.3 is 5.84 Å². The minimum Gasteiger partial charge on any atom is -0.336 e. The number of nitro groups is 1. The molecule has 0 radical (unpaired) electrons. The van der Waals surface area contributed by atoms with Crippen molar-refractivity contribution >= 4 is 27.5 Å². The van der Waals surface area contributed by atoms with Gasteiger partial charge in [0, 0.05) is 19.2 Å². The van der Waals surface area contributed by atoms with E-state index >= 15 is 0 Å². The minimum absolute atomic E-state index is 0.0826. The lowest BCUT2D eigenvalue weighted by atomic mass is 10.2. The summed E-state index contributed by atoms with van der Waals surface area (Å²) < 4.78 is 28.1. The predicted molar refractivity (Wildman–Crippen MR) is 94.7 cm³/mol. The summed E-state index contributed by atoms with van der Waals surface area (Å²) in [6.07, 6.45) is 2.57. The molecule has 0 spiro atoms. The van der Waals surface area contributed by atoms with Crippen LogP contribution in [0.25, 0.3) is 0 Å². The van der Waals surface area contributed by atoms with Crippen molar-refractivity contribution < 1.29 is 13.3 Å². The van der Waals surface area contributed by atoms with E-state index in [2.05, 4.69) is 10.2 Å². The average molecular weight is 398 g/mol. The molecule has 1 aromatic carbocycles. The lowest BCUT2D eigenvalue weighted by Gasteiger charge is -2.25. The van der Waals surface area contributed by atoms with Gasteiger partial charge >= 0.3 is 0 Å². The monoisotopic (exact) mass is 398 g/mol. The number of aryl methyl sites for hydroxylation is 1. The third-order valence-electron chi connectivity index (χ3n) is 4.12. The topological polar surface area (TPSA) is 137 Å². The van der Waals surface area contributed by atoms with Gasteiger partial charge in [0.2, 0.25) is 15.2 Å². The van der Waals surface area contributed by atoms with Crippen LogP contribution in [0.15, 0.2) is 33.1 Å². The first-order valence-electron chi connectivity index (χ1n) is 7.94. The van der Waals surface area contributed by atoms with Crippen molar-refractivity contribution in [1.29, 1.82) is 0 Å². The molecule has 0 saturated carbocycles. The van der Waals surface area contributed by atoms with Crippen molar-refractivity contribution in [3.05, 3.63) is 34.1 Å². The zero-order chi connectivity index (χ0) is 18.9. The number of nitrogens with zero attached hydrogens (tertiary/aromatic N) is 5. The Bertz CT molecular complexity index is 937. The van der Waals surface area contributed by atoms with Crippen LogP contribution in [0, 0.1) is 17.0 Å². The van der Waals surface area contributed by atoms with Crippen molar-refractivity contribution in [3.63, 3.8) is 0 Å². The highest BCUT2D eigenvalue weighted by atomic mass is 32.2. The zero-order valence-electron chi connectivity index (χ0n) is 14.0. The van der Waals surface area contributed by atoms with Gasteiger partial charge in [-0.1, -0.05) is 6.42 Å². The van der Waals surface area contributed by atoms with Gasteiger partial charge in [-0.3, -0.25) is 10.1 Å². The Labute approximate surface area is 154 Å². The van der Waals surface area contributed by atoms with E-state index < -0.39 is 14.9 Å². The van der Waals surface area contributed by atoms with Gasteiger partial charge in [-0.15, -0.1) is 10.2 Å². The van der Waals surface area contributed by atoms with Gasteiger partial charge in [-0.25, -0.2) is 13.1 Å². The lowest BCUT2D eigenvalue weighted by Crippen LogP contribution is -2.35. The highest BCUT2D eigenvalue weighted by Crippen LogP contribution is 2.36. The Morgan fingerprint density at radius 1 is 1.23 bits per heavy atom. The molecule has 26 heavy (non-hydrogen) atoms. The summed E-state index contributed by atoms with van der Waals surface area (Å²) in [5.41, 5.74) is -0.311. The van der Waals surface area contributed by atoms with Crippen molar-refractivity contribution in [2.75, 3.05) is 18.9 Å². The standard InChI is InChI=1S/C14H18N6O4S2/c1-10-16-17-14(19(10)15)25-13-6-5-11(9-12(13)20(21)22)26(23,24)18-7-3-2-4-8-18/h5-6,9H,2-4,7-8,15H2,1H3. The van der Waals surface area contributed by atoms with Gasteiger partial charge in [0.25, 0.3) is 5.69 Å². The molecule has 2 N–H and O–H groups in total. The predicted octanol–water partition coefficient (Wildman–Crippen LogP) is 1.53. The molecule has 0 atom stereocenters. The molecule has 0 bridgehead atoms. The molecular formula is C14H18N6O4S2. The quantitative estimate of drug-likeness (QED) is 0.455. The molecule has 140 valence electrons. The molecule has 1 saturated heterocycles. The molecule has 12 heteroatoms. The summed E-state index contributed by atoms with van der Waals surface area (Å²) in [5.74, 6) is 6.23. The molecule has 1 aromatic heterocycles. The van der Waals surface area contributed by atoms with Crippen LogP contribution in [0.3, 0.4) is 0 Å². The summed E-state index contributed by atoms with van der Waals surface area (Å²) in [7, 11) is -3.75. The molecule has 2 aromatic rings. The molecule has 0 aliphatic carbocycles. The van der Waals surface area contributed by atoms with E-state index in [9.17, 15) is 18.5 Å². The maximum absolute atomic E-state index is 12.7. The number of sulfonamides is 1. The SMILES string of the molecule is Cc1nnc(Sc2ccc(S(=O)(=O)N3CCCCC3)cc2[N+](=O)[O-])n1N. The Balaban J connectivity index is 1.96. The second-order valence-corrected chi connectivity index (χ2v) is 8.80. The fraction of sp³-hybridized carbons (Fsp3) is 0.429. The first-order valence-corrected chi connectivity index (χ1v) is 10.2. The van der Waals surface area contributed by atoms with E-state index in [0.29, 0.717) is 18.9 Å². The van der Waals surface area contributed by atoms with Gasteiger partial charge in [0.05, 0.1) is 14.7 Å². The maximum Gasteiger partial charge on any atom is 0.284 e. The van der Waals surface area contributed by atoms with Crippen LogP contribution in [-0.2, 0) is 10.0 Å². The van der Waals surface area contributed by atoms with E-state index in [1.54, 1.807) is 6.92 Å². The average Bonchev–Trinajstić information content (AvgIpc) is 2.94. The number of piperidine rings is 1. The third-order valence-corrected chi connectivity index (χ3v) is 7.04. The van der Waals surface area contributed by atoms with E-state index in [4.69, 9.17) is 5.84 Å². The zero-order valence-corrected chi connectivity index (χ0v) is 15.7. The first-order chi connectivity index (χ1) is 12.3. The van der Waals surface area contributed by atoms with Crippen LogP contribution in [0.1, 0.15) is 25.1 Å². The second-order valence-electron chi connectivity index (χ2n) is 5.85. The number of rotatable bonds is 5. The van der Waals surface area contributed by atoms with E-state index in [-0.39, 0.29) is 20.6 Å². The van der Waals surface area contributed by atoms with Gasteiger partial charge in [-0.05, 0) is 43.7 Å². The molecule has 2 heterocycles. The van der Waals surface area contributed by atoms with E-state index in [0.717, 1.165) is 37.1 Å². The van der Waals surface area contributed by atoms with Crippen LogP contribution < -0.4 is 5.84 Å². The van der Waals surface area contributed by atoms with Crippen molar-refractivity contribution in [2.45, 2.75) is 41.1 Å². The van der Waals surface area contributed by atoms with E-state index in [1.165, 1.54) is 21.1 Å². The number of hydrogen-bond donors (Lipinski definition) is 1. The number of aromatic nitrogens is 3. The largest absolute Gasteiger partial charge is 0.336 e. The molecule has 0 amide bonds. The number of hydrogen-bond acceptors (Lipinski definition) is 8. The molecule has 1 aliphatic heterocycles. The van der Waals surface area contributed by atoms with Crippen LogP contribution in [0.4, 0.5) is 5.69 Å². The smallest absolute Gasteiger partial charge is 0.284 e. The van der Waals surface area contributed by atoms with Gasteiger partial charge in [-0.2, -0.15) is 4.31 Å². The Morgan fingerprint density at radius 3 is 2.50 bits per heavy atom. The highest BCUT2D eigenvalue weighted by Gasteiger charge is 2.29. The Morgan fingerprint density at radius 2 is 1.92 bits per heavy atom. The fourth-order valence-electron chi connectivity index (χ4n) is 2.66. The number of nitro benzene ring substituents is 1. The number of benzene rings is 1. The van der Waals surface area contributed by atoms with E-state index in [1.807, 2.05) is 0 Å². The minimum atomic E-state index is -3.75. The Hall–Kier alpha value is -2.18. The number of nitrogens with two attached hydrogens (primary N) is 1. The lowest BCUT2D eigenvalue weighted by molar-refractivity contribution is -0.388.